The van der Waals surface area contributed by atoms with E-state index in [0.29, 0.717) is 5.52 Å². The molecule has 3 rings (SSSR count). The lowest BCUT2D eigenvalue weighted by atomic mass is 10.1. The molecule has 0 unspecified atom stereocenters. The molecule has 0 aliphatic carbocycles. The molecule has 0 saturated carbocycles. The number of amides is 1. The molecular weight excluding hydrogens is 418 g/mol. The second-order valence-electron chi connectivity index (χ2n) is 7.38. The Morgan fingerprint density at radius 1 is 1.00 bits per heavy atom. The minimum Gasteiger partial charge on any atom is -0.325 e. The number of hydrogen-bond acceptors (Lipinski definition) is 5. The fraction of sp³-hybridized carbons (Fsp3) is 0.273. The van der Waals surface area contributed by atoms with E-state index in [-0.39, 0.29) is 16.6 Å². The molecule has 6 nitrogen and oxygen atoms in total. The summed E-state index contributed by atoms with van der Waals surface area (Å²) >= 11 is 1.35. The van der Waals surface area contributed by atoms with Crippen LogP contribution in [0, 0.1) is 20.8 Å². The minimum atomic E-state index is -3.50. The van der Waals surface area contributed by atoms with Crippen molar-refractivity contribution in [2.75, 3.05) is 25.2 Å². The van der Waals surface area contributed by atoms with Gasteiger partial charge in [-0.25, -0.2) is 17.7 Å². The Bertz CT molecular complexity index is 1220. The van der Waals surface area contributed by atoms with Crippen molar-refractivity contribution in [3.05, 3.63) is 59.2 Å². The fourth-order valence-corrected chi connectivity index (χ4v) is 4.65. The van der Waals surface area contributed by atoms with Crippen molar-refractivity contribution in [2.24, 2.45) is 0 Å². The van der Waals surface area contributed by atoms with Crippen LogP contribution in [0.2, 0.25) is 0 Å². The summed E-state index contributed by atoms with van der Waals surface area (Å²) in [6.07, 6.45) is 0. The lowest BCUT2D eigenvalue weighted by molar-refractivity contribution is -0.113. The van der Waals surface area contributed by atoms with Gasteiger partial charge < -0.3 is 5.32 Å². The highest BCUT2D eigenvalue weighted by Crippen LogP contribution is 2.27. The molecular formula is C22H25N3O3S2. The van der Waals surface area contributed by atoms with Gasteiger partial charge in [0.15, 0.2) is 0 Å². The molecule has 1 amide bonds. The lowest BCUT2D eigenvalue weighted by Gasteiger charge is -2.13. The molecule has 1 N–H and O–H groups in total. The maximum absolute atomic E-state index is 12.4. The van der Waals surface area contributed by atoms with Crippen LogP contribution in [0.3, 0.4) is 0 Å². The second-order valence-corrected chi connectivity index (χ2v) is 10.5. The van der Waals surface area contributed by atoms with Gasteiger partial charge in [0.05, 0.1) is 21.2 Å². The van der Waals surface area contributed by atoms with Gasteiger partial charge >= 0.3 is 0 Å². The van der Waals surface area contributed by atoms with Gasteiger partial charge in [-0.05, 0) is 73.9 Å². The summed E-state index contributed by atoms with van der Waals surface area (Å²) < 4.78 is 25.9. The number of benzene rings is 2. The number of nitrogens with one attached hydrogen (secondary N) is 1. The van der Waals surface area contributed by atoms with Crippen LogP contribution in [0.4, 0.5) is 5.69 Å². The molecule has 0 spiro atoms. The van der Waals surface area contributed by atoms with Gasteiger partial charge in [0.25, 0.3) is 0 Å². The number of pyridine rings is 1. The number of rotatable bonds is 6. The van der Waals surface area contributed by atoms with Gasteiger partial charge in [-0.15, -0.1) is 0 Å². The number of sulfonamides is 1. The number of carbonyl (C=O) groups excluding carboxylic acids is 1. The van der Waals surface area contributed by atoms with Crippen LogP contribution in [0.25, 0.3) is 10.9 Å². The highest BCUT2D eigenvalue weighted by Gasteiger charge is 2.18. The zero-order valence-corrected chi connectivity index (χ0v) is 19.3. The molecule has 0 atom stereocenters. The average molecular weight is 444 g/mol. The molecule has 0 fully saturated rings. The summed E-state index contributed by atoms with van der Waals surface area (Å²) in [6.45, 7) is 5.95. The number of nitrogens with zero attached hydrogens (tertiary/aromatic N) is 2. The Morgan fingerprint density at radius 3 is 2.40 bits per heavy atom. The number of aryl methyl sites for hydroxylation is 3. The van der Waals surface area contributed by atoms with Crippen LogP contribution >= 0.6 is 11.8 Å². The SMILES string of the molecule is Cc1ccc(NC(=O)CSc2cc(C)c3cc(S(=O)(=O)N(C)C)ccc3n2)cc1C. The molecule has 3 aromatic rings. The quantitative estimate of drug-likeness (QED) is 0.579. The van der Waals surface area contributed by atoms with E-state index < -0.39 is 10.0 Å². The van der Waals surface area contributed by atoms with Crippen LogP contribution in [-0.4, -0.2) is 43.5 Å². The first kappa shape index (κ1) is 22.3. The third-order valence-electron chi connectivity index (χ3n) is 4.88. The van der Waals surface area contributed by atoms with Crippen molar-refractivity contribution in [3.8, 4) is 0 Å². The normalized spacial score (nSPS) is 11.8. The van der Waals surface area contributed by atoms with Crippen LogP contribution < -0.4 is 5.32 Å². The molecule has 1 aromatic heterocycles. The van der Waals surface area contributed by atoms with E-state index in [2.05, 4.69) is 10.3 Å². The lowest BCUT2D eigenvalue weighted by Crippen LogP contribution is -2.22. The van der Waals surface area contributed by atoms with Crippen molar-refractivity contribution in [2.45, 2.75) is 30.7 Å². The first-order chi connectivity index (χ1) is 14.1. The third kappa shape index (κ3) is 4.83. The van der Waals surface area contributed by atoms with Crippen molar-refractivity contribution in [1.82, 2.24) is 9.29 Å². The Kier molecular flexibility index (Phi) is 6.50. The van der Waals surface area contributed by atoms with Crippen molar-refractivity contribution in [3.63, 3.8) is 0 Å². The number of fused-ring (bicyclic) bond motifs is 1. The predicted octanol–water partition coefficient (Wildman–Crippen LogP) is 4.14. The maximum Gasteiger partial charge on any atom is 0.242 e. The summed E-state index contributed by atoms with van der Waals surface area (Å²) in [5.74, 6) is 0.132. The number of anilines is 1. The Balaban J connectivity index is 1.75. The van der Waals surface area contributed by atoms with E-state index >= 15 is 0 Å². The van der Waals surface area contributed by atoms with Crippen molar-refractivity contribution >= 4 is 44.3 Å². The van der Waals surface area contributed by atoms with E-state index in [0.717, 1.165) is 27.2 Å². The van der Waals surface area contributed by atoms with Crippen molar-refractivity contribution in [1.29, 1.82) is 0 Å². The second kappa shape index (κ2) is 8.75. The summed E-state index contributed by atoms with van der Waals surface area (Å²) in [6, 6.07) is 12.6. The summed E-state index contributed by atoms with van der Waals surface area (Å²) in [5.41, 5.74) is 4.70. The Labute approximate surface area is 181 Å². The third-order valence-corrected chi connectivity index (χ3v) is 7.61. The summed E-state index contributed by atoms with van der Waals surface area (Å²) in [7, 11) is -0.490. The highest BCUT2D eigenvalue weighted by molar-refractivity contribution is 7.99. The largest absolute Gasteiger partial charge is 0.325 e. The van der Waals surface area contributed by atoms with Crippen LogP contribution in [0.5, 0.6) is 0 Å². The van der Waals surface area contributed by atoms with Gasteiger partial charge in [-0.1, -0.05) is 17.8 Å². The zero-order chi connectivity index (χ0) is 22.1. The zero-order valence-electron chi connectivity index (χ0n) is 17.7. The van der Waals surface area contributed by atoms with E-state index in [1.165, 1.54) is 35.7 Å². The Hall–Kier alpha value is -2.42. The van der Waals surface area contributed by atoms with E-state index in [1.54, 1.807) is 18.2 Å². The van der Waals surface area contributed by atoms with Gasteiger partial charge in [0.2, 0.25) is 15.9 Å². The fourth-order valence-electron chi connectivity index (χ4n) is 2.94. The molecule has 0 saturated heterocycles. The smallest absolute Gasteiger partial charge is 0.242 e. The average Bonchev–Trinajstić information content (AvgIpc) is 2.69. The minimum absolute atomic E-state index is 0.102. The van der Waals surface area contributed by atoms with Crippen LogP contribution in [-0.2, 0) is 14.8 Å². The molecule has 8 heteroatoms. The molecule has 2 aromatic carbocycles. The number of hydrogen-bond donors (Lipinski definition) is 1. The topological polar surface area (TPSA) is 79.4 Å². The van der Waals surface area contributed by atoms with Gasteiger partial charge in [-0.2, -0.15) is 0 Å². The summed E-state index contributed by atoms with van der Waals surface area (Å²) in [5, 5.41) is 4.41. The van der Waals surface area contributed by atoms with E-state index in [4.69, 9.17) is 0 Å². The van der Waals surface area contributed by atoms with Gasteiger partial charge in [0.1, 0.15) is 0 Å². The van der Waals surface area contributed by atoms with E-state index in [9.17, 15) is 13.2 Å². The van der Waals surface area contributed by atoms with Gasteiger partial charge in [-0.3, -0.25) is 4.79 Å². The van der Waals surface area contributed by atoms with Crippen molar-refractivity contribution < 1.29 is 13.2 Å². The highest BCUT2D eigenvalue weighted by atomic mass is 32.2. The number of carbonyl (C=O) groups is 1. The first-order valence-corrected chi connectivity index (χ1v) is 11.8. The molecule has 0 radical (unpaired) electrons. The first-order valence-electron chi connectivity index (χ1n) is 9.42. The molecule has 0 bridgehead atoms. The molecule has 158 valence electrons. The molecule has 0 aliphatic rings. The predicted molar refractivity (Wildman–Crippen MR) is 123 cm³/mol. The number of aromatic nitrogens is 1. The Morgan fingerprint density at radius 2 is 1.73 bits per heavy atom. The molecule has 0 aliphatic heterocycles. The maximum atomic E-state index is 12.4. The number of thioether (sulfide) groups is 1. The monoisotopic (exact) mass is 443 g/mol. The molecule has 30 heavy (non-hydrogen) atoms. The summed E-state index contributed by atoms with van der Waals surface area (Å²) in [4.78, 5) is 17.1. The standard InChI is InChI=1S/C22H25N3O3S2/c1-14-6-7-17(10-15(14)2)23-21(26)13-29-22-11-16(3)19-12-18(8-9-20(19)24-22)30(27,28)25(4)5/h6-12H,13H2,1-5H3,(H,23,26). The van der Waals surface area contributed by atoms with E-state index in [1.807, 2.05) is 45.0 Å². The van der Waals surface area contributed by atoms with Crippen LogP contribution in [0.1, 0.15) is 16.7 Å². The van der Waals surface area contributed by atoms with Gasteiger partial charge in [0, 0.05) is 25.2 Å². The molecule has 1 heterocycles. The van der Waals surface area contributed by atoms with Crippen LogP contribution in [0.15, 0.2) is 52.4 Å².